The lowest BCUT2D eigenvalue weighted by Crippen LogP contribution is -1.83. The topological polar surface area (TPSA) is 50.2 Å². The van der Waals surface area contributed by atoms with Crippen molar-refractivity contribution in [1.29, 1.82) is 0 Å². The Morgan fingerprint density at radius 1 is 1.17 bits per heavy atom. The lowest BCUT2D eigenvalue weighted by atomic mass is 10.1. The predicted molar refractivity (Wildman–Crippen MR) is 72.1 cm³/mol. The average Bonchev–Trinajstić information content (AvgIpc) is 2.83. The van der Waals surface area contributed by atoms with E-state index in [2.05, 4.69) is 4.98 Å². The van der Waals surface area contributed by atoms with Crippen molar-refractivity contribution in [2.24, 2.45) is 0 Å². The van der Waals surface area contributed by atoms with Crippen molar-refractivity contribution in [3.05, 3.63) is 48.0 Å². The predicted octanol–water partition coefficient (Wildman–Crippen LogP) is 3.48. The molecule has 0 aliphatic rings. The summed E-state index contributed by atoms with van der Waals surface area (Å²) in [6, 6.07) is 12.8. The van der Waals surface area contributed by atoms with Crippen molar-refractivity contribution in [3.63, 3.8) is 0 Å². The molecule has 18 heavy (non-hydrogen) atoms. The molecule has 1 aromatic heterocycles. The number of aromatic hydroxyl groups is 1. The first kappa shape index (κ1) is 10.9. The zero-order chi connectivity index (χ0) is 12.5. The number of phenols is 1. The molecule has 0 atom stereocenters. The van der Waals surface area contributed by atoms with Gasteiger partial charge in [0.05, 0.1) is 15.8 Å². The summed E-state index contributed by atoms with van der Waals surface area (Å²) in [5.41, 5.74) is 2.07. The third kappa shape index (κ3) is 1.76. The van der Waals surface area contributed by atoms with Crippen LogP contribution in [0.15, 0.2) is 42.5 Å². The fourth-order valence-electron chi connectivity index (χ4n) is 1.78. The van der Waals surface area contributed by atoms with Gasteiger partial charge < -0.3 is 5.11 Å². The number of benzene rings is 2. The second-order valence-corrected chi connectivity index (χ2v) is 4.91. The summed E-state index contributed by atoms with van der Waals surface area (Å²) in [7, 11) is 0. The molecule has 2 aromatic carbocycles. The van der Waals surface area contributed by atoms with E-state index in [9.17, 15) is 9.90 Å². The summed E-state index contributed by atoms with van der Waals surface area (Å²) in [4.78, 5) is 15.3. The van der Waals surface area contributed by atoms with Gasteiger partial charge in [-0.05, 0) is 30.3 Å². The van der Waals surface area contributed by atoms with Crippen molar-refractivity contribution in [2.75, 3.05) is 0 Å². The maximum atomic E-state index is 10.8. The minimum absolute atomic E-state index is 0.00476. The standard InChI is InChI=1S/C14H9NO2S/c16-8-10-7-9(5-6-12(10)17)14-15-11-3-1-2-4-13(11)18-14/h1-8,17H. The van der Waals surface area contributed by atoms with Crippen LogP contribution in [0, 0.1) is 0 Å². The molecule has 3 nitrogen and oxygen atoms in total. The third-order valence-corrected chi connectivity index (χ3v) is 3.78. The number of aromatic nitrogens is 1. The zero-order valence-electron chi connectivity index (χ0n) is 9.33. The number of carbonyl (C=O) groups is 1. The minimum atomic E-state index is -0.00476. The maximum absolute atomic E-state index is 10.8. The van der Waals surface area contributed by atoms with Crippen LogP contribution < -0.4 is 0 Å². The van der Waals surface area contributed by atoms with Crippen molar-refractivity contribution in [1.82, 2.24) is 4.98 Å². The molecular formula is C14H9NO2S. The molecule has 0 saturated carbocycles. The second kappa shape index (κ2) is 4.23. The monoisotopic (exact) mass is 255 g/mol. The molecule has 1 heterocycles. The number of phenolic OH excluding ortho intramolecular Hbond substituents is 1. The smallest absolute Gasteiger partial charge is 0.153 e. The highest BCUT2D eigenvalue weighted by Crippen LogP contribution is 2.31. The van der Waals surface area contributed by atoms with Crippen LogP contribution in [0.2, 0.25) is 0 Å². The normalized spacial score (nSPS) is 10.7. The van der Waals surface area contributed by atoms with Crippen LogP contribution in [0.3, 0.4) is 0 Å². The molecule has 0 fully saturated rings. The molecule has 4 heteroatoms. The summed E-state index contributed by atoms with van der Waals surface area (Å²) in [5, 5.41) is 10.3. The highest BCUT2D eigenvalue weighted by Gasteiger charge is 2.08. The molecule has 1 N–H and O–H groups in total. The molecule has 0 aliphatic carbocycles. The van der Waals surface area contributed by atoms with E-state index in [0.717, 1.165) is 20.8 Å². The SMILES string of the molecule is O=Cc1cc(-c2nc3ccccc3s2)ccc1O. The molecule has 0 bridgehead atoms. The van der Waals surface area contributed by atoms with Crippen LogP contribution in [-0.4, -0.2) is 16.4 Å². The lowest BCUT2D eigenvalue weighted by Gasteiger charge is -1.99. The first-order valence-corrected chi connectivity index (χ1v) is 6.24. The van der Waals surface area contributed by atoms with Crippen molar-refractivity contribution < 1.29 is 9.90 Å². The first-order chi connectivity index (χ1) is 8.78. The Hall–Kier alpha value is -2.20. The van der Waals surface area contributed by atoms with Gasteiger partial charge in [0.2, 0.25) is 0 Å². The number of carbonyl (C=O) groups excluding carboxylic acids is 1. The average molecular weight is 255 g/mol. The molecule has 0 spiro atoms. The van der Waals surface area contributed by atoms with E-state index < -0.39 is 0 Å². The number of aldehydes is 1. The highest BCUT2D eigenvalue weighted by atomic mass is 32.1. The van der Waals surface area contributed by atoms with Gasteiger partial charge in [-0.15, -0.1) is 11.3 Å². The van der Waals surface area contributed by atoms with Gasteiger partial charge >= 0.3 is 0 Å². The van der Waals surface area contributed by atoms with Crippen molar-refractivity contribution in [3.8, 4) is 16.3 Å². The number of thiazole rings is 1. The van der Waals surface area contributed by atoms with E-state index in [4.69, 9.17) is 0 Å². The maximum Gasteiger partial charge on any atom is 0.153 e. The molecule has 0 amide bonds. The van der Waals surface area contributed by atoms with Crippen LogP contribution in [0.4, 0.5) is 0 Å². The van der Waals surface area contributed by atoms with Gasteiger partial charge in [-0.2, -0.15) is 0 Å². The molecule has 0 saturated heterocycles. The van der Waals surface area contributed by atoms with Crippen LogP contribution in [0.5, 0.6) is 5.75 Å². The first-order valence-electron chi connectivity index (χ1n) is 5.42. The highest BCUT2D eigenvalue weighted by molar-refractivity contribution is 7.21. The lowest BCUT2D eigenvalue weighted by molar-refractivity contribution is 0.112. The van der Waals surface area contributed by atoms with Gasteiger partial charge in [0.15, 0.2) is 6.29 Å². The molecule has 3 rings (SSSR count). The molecule has 0 unspecified atom stereocenters. The molecule has 3 aromatic rings. The number of rotatable bonds is 2. The van der Waals surface area contributed by atoms with Crippen LogP contribution in [0.25, 0.3) is 20.8 Å². The van der Waals surface area contributed by atoms with Gasteiger partial charge in [0.25, 0.3) is 0 Å². The molecule has 88 valence electrons. The fourth-order valence-corrected chi connectivity index (χ4v) is 2.74. The summed E-state index contributed by atoms with van der Waals surface area (Å²) < 4.78 is 1.10. The summed E-state index contributed by atoms with van der Waals surface area (Å²) in [6.07, 6.45) is 0.645. The van der Waals surface area contributed by atoms with Gasteiger partial charge in [-0.1, -0.05) is 12.1 Å². The summed E-state index contributed by atoms with van der Waals surface area (Å²) >= 11 is 1.57. The zero-order valence-corrected chi connectivity index (χ0v) is 10.1. The van der Waals surface area contributed by atoms with Crippen molar-refractivity contribution in [2.45, 2.75) is 0 Å². The van der Waals surface area contributed by atoms with Crippen LogP contribution in [-0.2, 0) is 0 Å². The summed E-state index contributed by atoms with van der Waals surface area (Å²) in [5.74, 6) is -0.00476. The number of hydrogen-bond acceptors (Lipinski definition) is 4. The second-order valence-electron chi connectivity index (χ2n) is 3.88. The Balaban J connectivity index is 2.16. The summed E-state index contributed by atoms with van der Waals surface area (Å²) in [6.45, 7) is 0. The third-order valence-electron chi connectivity index (χ3n) is 2.70. The van der Waals surface area contributed by atoms with Gasteiger partial charge in [0.1, 0.15) is 10.8 Å². The quantitative estimate of drug-likeness (QED) is 0.713. The van der Waals surface area contributed by atoms with E-state index in [-0.39, 0.29) is 11.3 Å². The van der Waals surface area contributed by atoms with Crippen LogP contribution >= 0.6 is 11.3 Å². The van der Waals surface area contributed by atoms with Gasteiger partial charge in [-0.3, -0.25) is 4.79 Å². The van der Waals surface area contributed by atoms with Crippen LogP contribution in [0.1, 0.15) is 10.4 Å². The number of hydrogen-bond donors (Lipinski definition) is 1. The Morgan fingerprint density at radius 3 is 2.78 bits per heavy atom. The number of nitrogens with zero attached hydrogens (tertiary/aromatic N) is 1. The molecule has 0 aliphatic heterocycles. The Bertz CT molecular complexity index is 700. The number of fused-ring (bicyclic) bond motifs is 1. The minimum Gasteiger partial charge on any atom is -0.507 e. The Morgan fingerprint density at radius 2 is 2.00 bits per heavy atom. The van der Waals surface area contributed by atoms with E-state index in [1.54, 1.807) is 23.5 Å². The van der Waals surface area contributed by atoms with E-state index in [0.29, 0.717) is 6.29 Å². The van der Waals surface area contributed by atoms with E-state index >= 15 is 0 Å². The van der Waals surface area contributed by atoms with Gasteiger partial charge in [0, 0.05) is 5.56 Å². The Kier molecular flexibility index (Phi) is 2.57. The van der Waals surface area contributed by atoms with Crippen molar-refractivity contribution >= 4 is 27.8 Å². The van der Waals surface area contributed by atoms with E-state index in [1.165, 1.54) is 6.07 Å². The fraction of sp³-hybridized carbons (Fsp3) is 0. The van der Waals surface area contributed by atoms with Gasteiger partial charge in [-0.25, -0.2) is 4.98 Å². The molecule has 0 radical (unpaired) electrons. The molecular weight excluding hydrogens is 246 g/mol. The van der Waals surface area contributed by atoms with E-state index in [1.807, 2.05) is 24.3 Å². The largest absolute Gasteiger partial charge is 0.507 e. The Labute approximate surface area is 107 Å². The number of para-hydroxylation sites is 1.